The van der Waals surface area contributed by atoms with E-state index in [1.54, 1.807) is 0 Å². The zero-order valence-corrected chi connectivity index (χ0v) is 20.7. The molecule has 1 fully saturated rings. The zero-order chi connectivity index (χ0) is 20.5. The van der Waals surface area contributed by atoms with Gasteiger partial charge in [-0.25, -0.2) is 4.99 Å². The second-order valence-electron chi connectivity index (χ2n) is 7.04. The molecule has 166 valence electrons. The molecule has 0 amide bonds. The van der Waals surface area contributed by atoms with E-state index in [1.807, 2.05) is 36.7 Å². The first-order valence-electron chi connectivity index (χ1n) is 10.0. The lowest BCUT2D eigenvalue weighted by Crippen LogP contribution is -2.44. The highest BCUT2D eigenvalue weighted by Crippen LogP contribution is 2.14. The van der Waals surface area contributed by atoms with Crippen molar-refractivity contribution in [3.05, 3.63) is 46.5 Å². The number of aromatic nitrogens is 3. The number of nitrogens with zero attached hydrogens (tertiary/aromatic N) is 5. The van der Waals surface area contributed by atoms with E-state index in [0.717, 1.165) is 80.6 Å². The molecule has 30 heavy (non-hydrogen) atoms. The third-order valence-corrected chi connectivity index (χ3v) is 5.40. The molecule has 1 saturated heterocycles. The standard InChI is InChI=1S/C20H30ClN7O.HI/c1-16-25-26-19(27(16)2)15-24-20(23-9-10-28-11-13-29-14-12-28)22-8-7-17-5-3-4-6-18(17)21;/h3-6H,7-15H2,1-2H3,(H2,22,23,24);1H. The summed E-state index contributed by atoms with van der Waals surface area (Å²) in [5, 5.41) is 15.9. The number of nitrogens with one attached hydrogen (secondary N) is 2. The lowest BCUT2D eigenvalue weighted by molar-refractivity contribution is 0.0389. The van der Waals surface area contributed by atoms with E-state index in [-0.39, 0.29) is 24.0 Å². The number of rotatable bonds is 8. The van der Waals surface area contributed by atoms with Crippen molar-refractivity contribution in [2.24, 2.45) is 12.0 Å². The fraction of sp³-hybridized carbons (Fsp3) is 0.550. The van der Waals surface area contributed by atoms with E-state index >= 15 is 0 Å². The minimum atomic E-state index is 0. The lowest BCUT2D eigenvalue weighted by atomic mass is 10.1. The molecule has 1 aromatic carbocycles. The van der Waals surface area contributed by atoms with Gasteiger partial charge in [0.05, 0.1) is 13.2 Å². The number of aliphatic imine (C=N–C) groups is 1. The van der Waals surface area contributed by atoms with Crippen molar-refractivity contribution in [1.29, 1.82) is 0 Å². The number of guanidine groups is 1. The van der Waals surface area contributed by atoms with Gasteiger partial charge in [0.2, 0.25) is 0 Å². The van der Waals surface area contributed by atoms with Crippen molar-refractivity contribution in [3.63, 3.8) is 0 Å². The Morgan fingerprint density at radius 1 is 1.17 bits per heavy atom. The molecule has 0 saturated carbocycles. The van der Waals surface area contributed by atoms with Gasteiger partial charge in [0.15, 0.2) is 11.8 Å². The molecule has 3 rings (SSSR count). The second-order valence-corrected chi connectivity index (χ2v) is 7.44. The third kappa shape index (κ3) is 7.68. The van der Waals surface area contributed by atoms with E-state index in [9.17, 15) is 0 Å². The van der Waals surface area contributed by atoms with Crippen molar-refractivity contribution < 1.29 is 4.74 Å². The van der Waals surface area contributed by atoms with Crippen molar-refractivity contribution in [3.8, 4) is 0 Å². The lowest BCUT2D eigenvalue weighted by Gasteiger charge is -2.26. The highest BCUT2D eigenvalue weighted by molar-refractivity contribution is 14.0. The van der Waals surface area contributed by atoms with Gasteiger partial charge in [-0.3, -0.25) is 4.90 Å². The maximum atomic E-state index is 6.26. The fourth-order valence-electron chi connectivity index (χ4n) is 3.09. The van der Waals surface area contributed by atoms with Crippen LogP contribution in [0.25, 0.3) is 0 Å². The predicted octanol–water partition coefficient (Wildman–Crippen LogP) is 2.01. The Kier molecular flexibility index (Phi) is 10.8. The van der Waals surface area contributed by atoms with Crippen LogP contribution in [0, 0.1) is 6.92 Å². The monoisotopic (exact) mass is 547 g/mol. The summed E-state index contributed by atoms with van der Waals surface area (Å²) >= 11 is 6.26. The summed E-state index contributed by atoms with van der Waals surface area (Å²) in [4.78, 5) is 7.09. The summed E-state index contributed by atoms with van der Waals surface area (Å²) < 4.78 is 7.37. The molecule has 2 aromatic rings. The van der Waals surface area contributed by atoms with Crippen molar-refractivity contribution >= 4 is 41.5 Å². The summed E-state index contributed by atoms with van der Waals surface area (Å²) in [5.74, 6) is 2.48. The van der Waals surface area contributed by atoms with E-state index in [0.29, 0.717) is 6.54 Å². The van der Waals surface area contributed by atoms with Crippen molar-refractivity contribution in [2.45, 2.75) is 19.9 Å². The first kappa shape index (κ1) is 24.8. The smallest absolute Gasteiger partial charge is 0.191 e. The zero-order valence-electron chi connectivity index (χ0n) is 17.6. The molecule has 1 aliphatic rings. The van der Waals surface area contributed by atoms with Gasteiger partial charge in [-0.2, -0.15) is 0 Å². The van der Waals surface area contributed by atoms with Gasteiger partial charge in [0.1, 0.15) is 12.4 Å². The Morgan fingerprint density at radius 2 is 1.90 bits per heavy atom. The van der Waals surface area contributed by atoms with Crippen LogP contribution in [0.4, 0.5) is 0 Å². The first-order chi connectivity index (χ1) is 14.1. The summed E-state index contributed by atoms with van der Waals surface area (Å²) in [6.45, 7) is 8.49. The Morgan fingerprint density at radius 3 is 2.60 bits per heavy atom. The van der Waals surface area contributed by atoms with Crippen LogP contribution in [0.2, 0.25) is 5.02 Å². The molecule has 0 unspecified atom stereocenters. The van der Waals surface area contributed by atoms with E-state index in [4.69, 9.17) is 21.3 Å². The number of hydrogen-bond acceptors (Lipinski definition) is 5. The maximum Gasteiger partial charge on any atom is 0.191 e. The van der Waals surface area contributed by atoms with Gasteiger partial charge in [-0.05, 0) is 25.0 Å². The second kappa shape index (κ2) is 13.1. The first-order valence-corrected chi connectivity index (χ1v) is 10.4. The summed E-state index contributed by atoms with van der Waals surface area (Å²) in [5.41, 5.74) is 1.12. The quantitative estimate of drug-likeness (QED) is 0.299. The normalized spacial score (nSPS) is 15.0. The Bertz CT molecular complexity index is 808. The van der Waals surface area contributed by atoms with Gasteiger partial charge >= 0.3 is 0 Å². The molecule has 0 aliphatic carbocycles. The minimum absolute atomic E-state index is 0. The molecule has 0 atom stereocenters. The minimum Gasteiger partial charge on any atom is -0.379 e. The van der Waals surface area contributed by atoms with Crippen LogP contribution in [0.3, 0.4) is 0 Å². The number of benzene rings is 1. The van der Waals surface area contributed by atoms with Crippen LogP contribution >= 0.6 is 35.6 Å². The average Bonchev–Trinajstić information content (AvgIpc) is 3.06. The van der Waals surface area contributed by atoms with Crippen LogP contribution in [0.15, 0.2) is 29.3 Å². The highest BCUT2D eigenvalue weighted by Gasteiger charge is 2.10. The third-order valence-electron chi connectivity index (χ3n) is 5.03. The van der Waals surface area contributed by atoms with Crippen LogP contribution in [-0.2, 0) is 24.8 Å². The number of ether oxygens (including phenoxy) is 1. The molecule has 2 heterocycles. The SMILES string of the molecule is Cc1nnc(CN=C(NCCc2ccccc2Cl)NCCN2CCOCC2)n1C.I. The topological polar surface area (TPSA) is 79.6 Å². The van der Waals surface area contributed by atoms with Crippen LogP contribution in [0.1, 0.15) is 17.2 Å². The van der Waals surface area contributed by atoms with Crippen LogP contribution in [0.5, 0.6) is 0 Å². The van der Waals surface area contributed by atoms with E-state index in [2.05, 4.69) is 31.8 Å². The van der Waals surface area contributed by atoms with Gasteiger partial charge in [-0.1, -0.05) is 29.8 Å². The van der Waals surface area contributed by atoms with Gasteiger partial charge in [0, 0.05) is 44.8 Å². The molecule has 8 nitrogen and oxygen atoms in total. The number of morpholine rings is 1. The average molecular weight is 548 g/mol. The highest BCUT2D eigenvalue weighted by atomic mass is 127. The van der Waals surface area contributed by atoms with Gasteiger partial charge < -0.3 is 19.9 Å². The van der Waals surface area contributed by atoms with Crippen LogP contribution in [-0.4, -0.2) is 71.6 Å². The largest absolute Gasteiger partial charge is 0.379 e. The Labute approximate surface area is 200 Å². The molecular weight excluding hydrogens is 517 g/mol. The van der Waals surface area contributed by atoms with Crippen molar-refractivity contribution in [2.75, 3.05) is 45.9 Å². The Hall–Kier alpha value is -1.43. The summed E-state index contributed by atoms with van der Waals surface area (Å²) in [7, 11) is 1.95. The molecule has 0 bridgehead atoms. The van der Waals surface area contributed by atoms with E-state index in [1.165, 1.54) is 0 Å². The van der Waals surface area contributed by atoms with Gasteiger partial charge in [-0.15, -0.1) is 34.2 Å². The van der Waals surface area contributed by atoms with Gasteiger partial charge in [0.25, 0.3) is 0 Å². The summed E-state index contributed by atoms with van der Waals surface area (Å²) in [6.07, 6.45) is 0.826. The Balaban J connectivity index is 0.00000320. The summed E-state index contributed by atoms with van der Waals surface area (Å²) in [6, 6.07) is 7.92. The fourth-order valence-corrected chi connectivity index (χ4v) is 3.32. The van der Waals surface area contributed by atoms with E-state index < -0.39 is 0 Å². The number of halogens is 2. The predicted molar refractivity (Wildman–Crippen MR) is 131 cm³/mol. The molecule has 1 aromatic heterocycles. The number of hydrogen-bond donors (Lipinski definition) is 2. The number of aryl methyl sites for hydroxylation is 1. The molecule has 0 spiro atoms. The molecular formula is C20H31ClIN7O. The van der Waals surface area contributed by atoms with Crippen molar-refractivity contribution in [1.82, 2.24) is 30.3 Å². The molecule has 0 radical (unpaired) electrons. The maximum absolute atomic E-state index is 6.26. The molecule has 2 N–H and O–H groups in total. The molecule has 1 aliphatic heterocycles. The van der Waals surface area contributed by atoms with Crippen LogP contribution < -0.4 is 10.6 Å². The molecule has 10 heteroatoms.